The molecule has 1 aromatic rings. The van der Waals surface area contributed by atoms with E-state index < -0.39 is 17.7 Å². The van der Waals surface area contributed by atoms with Crippen LogP contribution in [0.25, 0.3) is 0 Å². The molecule has 20 heavy (non-hydrogen) atoms. The van der Waals surface area contributed by atoms with Gasteiger partial charge in [0.05, 0.1) is 6.04 Å². The van der Waals surface area contributed by atoms with Crippen LogP contribution in [0, 0.1) is 11.6 Å². The lowest BCUT2D eigenvalue weighted by molar-refractivity contribution is -0.123. The number of para-hydroxylation sites is 1. The Kier molecular flexibility index (Phi) is 4.54. The number of halogens is 2. The summed E-state index contributed by atoms with van der Waals surface area (Å²) in [5.74, 6) is -1.38. The topological polar surface area (TPSA) is 58.4 Å². The van der Waals surface area contributed by atoms with Gasteiger partial charge in [0.15, 0.2) is 0 Å². The number of hydrogen-bond acceptors (Lipinski definition) is 3. The second-order valence-corrected chi connectivity index (χ2v) is 5.03. The van der Waals surface area contributed by atoms with Crippen LogP contribution in [0.15, 0.2) is 18.2 Å². The van der Waals surface area contributed by atoms with E-state index in [1.807, 2.05) is 6.92 Å². The van der Waals surface area contributed by atoms with Gasteiger partial charge < -0.3 is 16.0 Å². The van der Waals surface area contributed by atoms with E-state index in [9.17, 15) is 13.6 Å². The molecule has 0 bridgehead atoms. The molecule has 0 spiro atoms. The predicted octanol–water partition coefficient (Wildman–Crippen LogP) is 1.40. The van der Waals surface area contributed by atoms with Gasteiger partial charge in [0.25, 0.3) is 0 Å². The predicted molar refractivity (Wildman–Crippen MR) is 73.4 cm³/mol. The molecule has 1 saturated heterocycles. The third-order valence-electron chi connectivity index (χ3n) is 3.57. The number of nitrogens with zero attached hydrogens (tertiary/aromatic N) is 1. The third kappa shape index (κ3) is 3.07. The SMILES string of the molecule is CC[C@H](N)C(=O)NC1CCN(c2c(F)cccc2F)C1. The van der Waals surface area contributed by atoms with Crippen molar-refractivity contribution in [3.05, 3.63) is 29.8 Å². The fraction of sp³-hybridized carbons (Fsp3) is 0.500. The number of rotatable bonds is 4. The lowest BCUT2D eigenvalue weighted by Gasteiger charge is -2.20. The summed E-state index contributed by atoms with van der Waals surface area (Å²) >= 11 is 0. The van der Waals surface area contributed by atoms with E-state index in [2.05, 4.69) is 5.32 Å². The van der Waals surface area contributed by atoms with Gasteiger partial charge in [0.1, 0.15) is 17.3 Å². The van der Waals surface area contributed by atoms with E-state index in [1.165, 1.54) is 18.2 Å². The van der Waals surface area contributed by atoms with Crippen LogP contribution in [-0.4, -0.2) is 31.1 Å². The van der Waals surface area contributed by atoms with Crippen molar-refractivity contribution in [2.75, 3.05) is 18.0 Å². The van der Waals surface area contributed by atoms with Crippen molar-refractivity contribution >= 4 is 11.6 Å². The Balaban J connectivity index is 2.01. The molecule has 110 valence electrons. The van der Waals surface area contributed by atoms with Crippen molar-refractivity contribution in [2.24, 2.45) is 5.73 Å². The van der Waals surface area contributed by atoms with E-state index in [0.29, 0.717) is 25.9 Å². The van der Waals surface area contributed by atoms with E-state index in [1.54, 1.807) is 4.90 Å². The Hall–Kier alpha value is -1.69. The molecule has 1 heterocycles. The Morgan fingerprint density at radius 1 is 1.50 bits per heavy atom. The minimum Gasteiger partial charge on any atom is -0.365 e. The minimum atomic E-state index is -0.581. The molecule has 0 radical (unpaired) electrons. The van der Waals surface area contributed by atoms with Crippen LogP contribution in [-0.2, 0) is 4.79 Å². The van der Waals surface area contributed by atoms with Gasteiger partial charge in [-0.05, 0) is 25.0 Å². The first-order valence-corrected chi connectivity index (χ1v) is 6.77. The van der Waals surface area contributed by atoms with Crippen molar-refractivity contribution in [1.82, 2.24) is 5.32 Å². The smallest absolute Gasteiger partial charge is 0.237 e. The molecule has 0 aliphatic carbocycles. The summed E-state index contributed by atoms with van der Waals surface area (Å²) in [6, 6.07) is 3.15. The number of benzene rings is 1. The highest BCUT2D eigenvalue weighted by atomic mass is 19.1. The first kappa shape index (κ1) is 14.7. The maximum Gasteiger partial charge on any atom is 0.237 e. The standard InChI is InChI=1S/C14H19F2N3O/c1-2-12(17)14(20)18-9-6-7-19(8-9)13-10(15)4-3-5-11(13)16/h3-5,9,12H,2,6-8,17H2,1H3,(H,18,20)/t9?,12-/m0/s1. The van der Waals surface area contributed by atoms with Crippen molar-refractivity contribution in [3.8, 4) is 0 Å². The van der Waals surface area contributed by atoms with Gasteiger partial charge in [0.2, 0.25) is 5.91 Å². The molecular weight excluding hydrogens is 264 g/mol. The lowest BCUT2D eigenvalue weighted by atomic mass is 10.2. The average molecular weight is 283 g/mol. The number of nitrogens with two attached hydrogens (primary N) is 1. The monoisotopic (exact) mass is 283 g/mol. The normalized spacial score (nSPS) is 20.0. The van der Waals surface area contributed by atoms with Crippen molar-refractivity contribution in [1.29, 1.82) is 0 Å². The molecule has 1 amide bonds. The Labute approximate surface area is 116 Å². The van der Waals surface area contributed by atoms with E-state index in [-0.39, 0.29) is 17.6 Å². The van der Waals surface area contributed by atoms with Crippen LogP contribution in [0.1, 0.15) is 19.8 Å². The Bertz CT molecular complexity index is 475. The molecular formula is C14H19F2N3O. The maximum absolute atomic E-state index is 13.7. The van der Waals surface area contributed by atoms with E-state index >= 15 is 0 Å². The molecule has 3 N–H and O–H groups in total. The highest BCUT2D eigenvalue weighted by Gasteiger charge is 2.28. The fourth-order valence-corrected chi connectivity index (χ4v) is 2.37. The lowest BCUT2D eigenvalue weighted by Crippen LogP contribution is -2.46. The third-order valence-corrected chi connectivity index (χ3v) is 3.57. The van der Waals surface area contributed by atoms with Crippen LogP contribution in [0.2, 0.25) is 0 Å². The Morgan fingerprint density at radius 2 is 2.15 bits per heavy atom. The summed E-state index contributed by atoms with van der Waals surface area (Å²) in [5, 5.41) is 2.82. The highest BCUT2D eigenvalue weighted by Crippen LogP contribution is 2.26. The minimum absolute atomic E-state index is 0.0240. The quantitative estimate of drug-likeness (QED) is 0.878. The van der Waals surface area contributed by atoms with Gasteiger partial charge in [-0.1, -0.05) is 13.0 Å². The second kappa shape index (κ2) is 6.17. The second-order valence-electron chi connectivity index (χ2n) is 5.03. The molecule has 2 rings (SSSR count). The molecule has 1 unspecified atom stereocenters. The highest BCUT2D eigenvalue weighted by molar-refractivity contribution is 5.81. The summed E-state index contributed by atoms with van der Waals surface area (Å²) in [6.07, 6.45) is 1.21. The molecule has 0 saturated carbocycles. The van der Waals surface area contributed by atoms with Gasteiger partial charge in [-0.3, -0.25) is 4.79 Å². The van der Waals surface area contributed by atoms with Gasteiger partial charge in [-0.25, -0.2) is 8.78 Å². The number of amides is 1. The van der Waals surface area contributed by atoms with E-state index in [4.69, 9.17) is 5.73 Å². The number of hydrogen-bond donors (Lipinski definition) is 2. The van der Waals surface area contributed by atoms with Crippen molar-refractivity contribution in [3.63, 3.8) is 0 Å². The molecule has 2 atom stereocenters. The first-order chi connectivity index (χ1) is 9.52. The fourth-order valence-electron chi connectivity index (χ4n) is 2.37. The number of anilines is 1. The van der Waals surface area contributed by atoms with Gasteiger partial charge in [-0.15, -0.1) is 0 Å². The maximum atomic E-state index is 13.7. The first-order valence-electron chi connectivity index (χ1n) is 6.77. The molecule has 4 nitrogen and oxygen atoms in total. The summed E-state index contributed by atoms with van der Waals surface area (Å²) < 4.78 is 27.4. The van der Waals surface area contributed by atoms with Crippen molar-refractivity contribution < 1.29 is 13.6 Å². The van der Waals surface area contributed by atoms with Gasteiger partial charge >= 0.3 is 0 Å². The van der Waals surface area contributed by atoms with Crippen molar-refractivity contribution in [2.45, 2.75) is 31.8 Å². The van der Waals surface area contributed by atoms with Crippen LogP contribution in [0.5, 0.6) is 0 Å². The number of nitrogens with one attached hydrogen (secondary N) is 1. The summed E-state index contributed by atoms with van der Waals surface area (Å²) in [4.78, 5) is 13.3. The molecule has 6 heteroatoms. The van der Waals surface area contributed by atoms with Crippen LogP contribution in [0.3, 0.4) is 0 Å². The summed E-state index contributed by atoms with van der Waals surface area (Å²) in [5.41, 5.74) is 5.62. The van der Waals surface area contributed by atoms with Gasteiger partial charge in [0, 0.05) is 19.1 Å². The zero-order valence-corrected chi connectivity index (χ0v) is 11.4. The van der Waals surface area contributed by atoms with Gasteiger partial charge in [-0.2, -0.15) is 0 Å². The van der Waals surface area contributed by atoms with Crippen LogP contribution in [0.4, 0.5) is 14.5 Å². The van der Waals surface area contributed by atoms with E-state index in [0.717, 1.165) is 0 Å². The molecule has 1 aliphatic heterocycles. The largest absolute Gasteiger partial charge is 0.365 e. The van der Waals surface area contributed by atoms with Crippen LogP contribution >= 0.6 is 0 Å². The summed E-state index contributed by atoms with van der Waals surface area (Å²) in [7, 11) is 0. The molecule has 1 aromatic carbocycles. The zero-order valence-electron chi connectivity index (χ0n) is 11.4. The molecule has 1 fully saturated rings. The summed E-state index contributed by atoms with van der Waals surface area (Å²) in [6.45, 7) is 2.73. The molecule has 1 aliphatic rings. The Morgan fingerprint density at radius 3 is 2.75 bits per heavy atom. The van der Waals surface area contributed by atoms with Crippen LogP contribution < -0.4 is 16.0 Å². The zero-order chi connectivity index (χ0) is 14.7. The number of carbonyl (C=O) groups excluding carboxylic acids is 1. The average Bonchev–Trinajstić information content (AvgIpc) is 2.85. The number of carbonyl (C=O) groups is 1. The molecule has 0 aromatic heterocycles.